The number of methoxy groups -OCH3 is 1. The molecule has 1 aliphatic heterocycles. The number of unbranched alkanes of at least 4 members (excludes halogenated alkanes) is 4. The number of hydrogen-bond donors (Lipinski definition) is 0. The van der Waals surface area contributed by atoms with Gasteiger partial charge in [0.15, 0.2) is 16.7 Å². The number of carbonyl (C=O) groups excluding carboxylic acids is 1. The molecule has 0 radical (unpaired) electrons. The molecule has 1 amide bonds. The first kappa shape index (κ1) is 28.5. The molecule has 0 atom stereocenters. The molecule has 0 bridgehead atoms. The molecule has 0 unspecified atom stereocenters. The highest BCUT2D eigenvalue weighted by Gasteiger charge is 2.34. The van der Waals surface area contributed by atoms with E-state index in [1.165, 1.54) is 30.2 Å². The molecule has 10 heteroatoms. The van der Waals surface area contributed by atoms with E-state index in [-0.39, 0.29) is 16.6 Å². The van der Waals surface area contributed by atoms with E-state index >= 15 is 0 Å². The van der Waals surface area contributed by atoms with Gasteiger partial charge in [-0.15, -0.1) is 11.0 Å². The van der Waals surface area contributed by atoms with Crippen molar-refractivity contribution in [2.24, 2.45) is 4.40 Å². The lowest BCUT2D eigenvalue weighted by Crippen LogP contribution is -2.29. The standard InChI is InChI=1S/C27H31FN2O5S2/c1-4-6-7-8-9-17-35-23-15-10-20(18-24(23)34-3)19-25-26(31)30(16-5-2)27(36-25)29-37(32,33)22-13-11-21(28)12-14-22/h5,10-15,18-19H,2,4,6-9,16-17H2,1,3H3/b25-19-,29-27?. The van der Waals surface area contributed by atoms with Gasteiger partial charge in [-0.3, -0.25) is 9.69 Å². The number of amides is 1. The number of carbonyl (C=O) groups is 1. The van der Waals surface area contributed by atoms with E-state index in [2.05, 4.69) is 17.9 Å². The molecule has 2 aromatic carbocycles. The number of nitrogens with zero attached hydrogens (tertiary/aromatic N) is 2. The second-order valence-corrected chi connectivity index (χ2v) is 10.9. The Morgan fingerprint density at radius 3 is 2.49 bits per heavy atom. The SMILES string of the molecule is C=CCN1C(=O)/C(=C/c2ccc(OCCCCCCC)c(OC)c2)SC1=NS(=O)(=O)c1ccc(F)cc1. The molecule has 1 saturated heterocycles. The summed E-state index contributed by atoms with van der Waals surface area (Å²) in [7, 11) is -2.61. The Hall–Kier alpha value is -3.11. The number of amidine groups is 1. The molecule has 1 heterocycles. The van der Waals surface area contributed by atoms with Crippen LogP contribution >= 0.6 is 11.8 Å². The van der Waals surface area contributed by atoms with Crippen molar-refractivity contribution in [2.45, 2.75) is 43.9 Å². The number of thioether (sulfide) groups is 1. The van der Waals surface area contributed by atoms with Crippen LogP contribution in [0.5, 0.6) is 11.5 Å². The largest absolute Gasteiger partial charge is 0.493 e. The Morgan fingerprint density at radius 1 is 1.08 bits per heavy atom. The lowest BCUT2D eigenvalue weighted by molar-refractivity contribution is -0.121. The second kappa shape index (κ2) is 13.4. The molecule has 1 fully saturated rings. The molecular formula is C27H31FN2O5S2. The van der Waals surface area contributed by atoms with Gasteiger partial charge in [-0.05, 0) is 66.2 Å². The molecule has 198 valence electrons. The fourth-order valence-corrected chi connectivity index (χ4v) is 5.75. The molecule has 2 aromatic rings. The normalized spacial score (nSPS) is 16.0. The zero-order valence-corrected chi connectivity index (χ0v) is 22.6. The highest BCUT2D eigenvalue weighted by atomic mass is 32.2. The van der Waals surface area contributed by atoms with Crippen molar-refractivity contribution in [1.29, 1.82) is 0 Å². The average Bonchev–Trinajstić information content (AvgIpc) is 3.15. The number of benzene rings is 2. The third-order valence-electron chi connectivity index (χ3n) is 5.50. The number of halogens is 1. The van der Waals surface area contributed by atoms with Crippen molar-refractivity contribution in [2.75, 3.05) is 20.3 Å². The van der Waals surface area contributed by atoms with E-state index in [0.29, 0.717) is 28.6 Å². The summed E-state index contributed by atoms with van der Waals surface area (Å²) in [6.07, 6.45) is 8.80. The summed E-state index contributed by atoms with van der Waals surface area (Å²) in [4.78, 5) is 14.4. The Labute approximate surface area is 222 Å². The van der Waals surface area contributed by atoms with Crippen LogP contribution in [0.2, 0.25) is 0 Å². The molecule has 3 rings (SSSR count). The second-order valence-electron chi connectivity index (χ2n) is 8.29. The number of sulfonamides is 1. The van der Waals surface area contributed by atoms with Crippen molar-refractivity contribution in [3.05, 3.63) is 71.4 Å². The molecule has 0 aliphatic carbocycles. The minimum Gasteiger partial charge on any atom is -0.493 e. The van der Waals surface area contributed by atoms with Gasteiger partial charge in [-0.2, -0.15) is 8.42 Å². The summed E-state index contributed by atoms with van der Waals surface area (Å²) >= 11 is 0.942. The summed E-state index contributed by atoms with van der Waals surface area (Å²) < 4.78 is 54.0. The van der Waals surface area contributed by atoms with Crippen molar-refractivity contribution in [3.8, 4) is 11.5 Å². The van der Waals surface area contributed by atoms with Crippen LogP contribution in [-0.4, -0.2) is 44.7 Å². The molecule has 37 heavy (non-hydrogen) atoms. The van der Waals surface area contributed by atoms with Crippen LogP contribution < -0.4 is 9.47 Å². The van der Waals surface area contributed by atoms with Gasteiger partial charge < -0.3 is 9.47 Å². The van der Waals surface area contributed by atoms with Crippen LogP contribution in [0.25, 0.3) is 6.08 Å². The predicted octanol–water partition coefficient (Wildman–Crippen LogP) is 6.03. The molecule has 0 saturated carbocycles. The number of hydrogen-bond acceptors (Lipinski definition) is 6. The van der Waals surface area contributed by atoms with Crippen molar-refractivity contribution < 1.29 is 27.1 Å². The van der Waals surface area contributed by atoms with E-state index in [0.717, 1.165) is 48.9 Å². The Bertz CT molecular complexity index is 1270. The maximum Gasteiger partial charge on any atom is 0.284 e. The lowest BCUT2D eigenvalue weighted by atomic mass is 10.1. The summed E-state index contributed by atoms with van der Waals surface area (Å²) in [5.41, 5.74) is 0.684. The molecular weight excluding hydrogens is 515 g/mol. The predicted molar refractivity (Wildman–Crippen MR) is 146 cm³/mol. The number of ether oxygens (including phenoxy) is 2. The fourth-order valence-electron chi connectivity index (χ4n) is 3.56. The molecule has 1 aliphatic rings. The van der Waals surface area contributed by atoms with Crippen molar-refractivity contribution in [1.82, 2.24) is 4.90 Å². The summed E-state index contributed by atoms with van der Waals surface area (Å²) in [5.74, 6) is 0.194. The highest BCUT2D eigenvalue weighted by Crippen LogP contribution is 2.35. The van der Waals surface area contributed by atoms with E-state index in [4.69, 9.17) is 9.47 Å². The van der Waals surface area contributed by atoms with Crippen LogP contribution in [0.15, 0.2) is 69.3 Å². The van der Waals surface area contributed by atoms with Crippen molar-refractivity contribution in [3.63, 3.8) is 0 Å². The molecule has 7 nitrogen and oxygen atoms in total. The summed E-state index contributed by atoms with van der Waals surface area (Å²) in [6, 6.07) is 9.70. The maximum absolute atomic E-state index is 13.2. The quantitative estimate of drug-likeness (QED) is 0.173. The van der Waals surface area contributed by atoms with Crippen molar-refractivity contribution >= 4 is 38.9 Å². The van der Waals surface area contributed by atoms with Crippen LogP contribution in [0, 0.1) is 5.82 Å². The highest BCUT2D eigenvalue weighted by molar-refractivity contribution is 8.19. The first-order chi connectivity index (χ1) is 17.8. The monoisotopic (exact) mass is 546 g/mol. The van der Waals surface area contributed by atoms with Gasteiger partial charge in [0.25, 0.3) is 15.9 Å². The Morgan fingerprint density at radius 2 is 1.81 bits per heavy atom. The smallest absolute Gasteiger partial charge is 0.284 e. The van der Waals surface area contributed by atoms with Crippen LogP contribution in [0.1, 0.15) is 44.6 Å². The molecule has 0 N–H and O–H groups in total. The fraction of sp³-hybridized carbons (Fsp3) is 0.333. The van der Waals surface area contributed by atoms with E-state index < -0.39 is 21.7 Å². The Balaban J connectivity index is 1.80. The first-order valence-electron chi connectivity index (χ1n) is 12.0. The lowest BCUT2D eigenvalue weighted by Gasteiger charge is -2.12. The third kappa shape index (κ3) is 7.69. The minimum atomic E-state index is -4.16. The summed E-state index contributed by atoms with van der Waals surface area (Å²) in [5, 5.41) is -0.00420. The molecule has 0 aromatic heterocycles. The van der Waals surface area contributed by atoms with Gasteiger partial charge in [-0.1, -0.05) is 44.7 Å². The van der Waals surface area contributed by atoms with Crippen LogP contribution in [-0.2, 0) is 14.8 Å². The van der Waals surface area contributed by atoms with Gasteiger partial charge in [0, 0.05) is 6.54 Å². The zero-order chi connectivity index (χ0) is 26.8. The summed E-state index contributed by atoms with van der Waals surface area (Å²) in [6.45, 7) is 6.49. The minimum absolute atomic E-state index is 0.00420. The van der Waals surface area contributed by atoms with Crippen LogP contribution in [0.3, 0.4) is 0 Å². The maximum atomic E-state index is 13.2. The third-order valence-corrected chi connectivity index (χ3v) is 7.90. The number of rotatable bonds is 13. The van der Waals surface area contributed by atoms with E-state index in [9.17, 15) is 17.6 Å². The Kier molecular flexibility index (Phi) is 10.3. The first-order valence-corrected chi connectivity index (χ1v) is 14.3. The van der Waals surface area contributed by atoms with Gasteiger partial charge in [-0.25, -0.2) is 4.39 Å². The zero-order valence-electron chi connectivity index (χ0n) is 21.0. The van der Waals surface area contributed by atoms with Gasteiger partial charge in [0.1, 0.15) is 5.82 Å². The average molecular weight is 547 g/mol. The van der Waals surface area contributed by atoms with Gasteiger partial charge in [0.05, 0.1) is 23.5 Å². The van der Waals surface area contributed by atoms with E-state index in [1.807, 2.05) is 0 Å². The van der Waals surface area contributed by atoms with Crippen LogP contribution in [0.4, 0.5) is 4.39 Å². The topological polar surface area (TPSA) is 85.3 Å². The van der Waals surface area contributed by atoms with Gasteiger partial charge >= 0.3 is 0 Å². The molecule has 0 spiro atoms. The van der Waals surface area contributed by atoms with Gasteiger partial charge in [0.2, 0.25) is 0 Å². The van der Waals surface area contributed by atoms with E-state index in [1.54, 1.807) is 31.4 Å².